The van der Waals surface area contributed by atoms with Crippen LogP contribution in [0.5, 0.6) is 0 Å². The molecule has 2 aromatic rings. The quantitative estimate of drug-likeness (QED) is 0.846. The fourth-order valence-corrected chi connectivity index (χ4v) is 3.37. The molecule has 2 rings (SSSR count). The molecular weight excluding hydrogens is 320 g/mol. The van der Waals surface area contributed by atoms with Crippen LogP contribution < -0.4 is 10.2 Å². The average Bonchev–Trinajstić information content (AvgIpc) is 2.89. The summed E-state index contributed by atoms with van der Waals surface area (Å²) in [6, 6.07) is 8.74. The maximum absolute atomic E-state index is 3.68. The molecule has 0 aliphatic heterocycles. The van der Waals surface area contributed by atoms with Gasteiger partial charge in [0.1, 0.15) is 0 Å². The summed E-state index contributed by atoms with van der Waals surface area (Å²) in [5, 5.41) is 7.66. The van der Waals surface area contributed by atoms with E-state index in [1.54, 1.807) is 11.3 Å². The maximum Gasteiger partial charge on any atom is 0.0511 e. The van der Waals surface area contributed by atoms with Crippen LogP contribution in [0.4, 0.5) is 5.69 Å². The van der Waals surface area contributed by atoms with Crippen molar-refractivity contribution in [1.82, 2.24) is 5.32 Å². The van der Waals surface area contributed by atoms with Crippen LogP contribution in [0.25, 0.3) is 0 Å². The van der Waals surface area contributed by atoms with Gasteiger partial charge in [0.2, 0.25) is 0 Å². The molecular formula is C15H19BrN2S. The van der Waals surface area contributed by atoms with E-state index in [0.717, 1.165) is 24.1 Å². The first-order valence-electron chi connectivity index (χ1n) is 6.42. The SMILES string of the molecule is CCNCc1ccc(N(C)Cc2ccsc2)c(Br)c1. The van der Waals surface area contributed by atoms with Crippen molar-refractivity contribution >= 4 is 33.0 Å². The molecule has 2 nitrogen and oxygen atoms in total. The highest BCUT2D eigenvalue weighted by molar-refractivity contribution is 9.10. The lowest BCUT2D eigenvalue weighted by atomic mass is 10.2. The second kappa shape index (κ2) is 7.08. The number of halogens is 1. The lowest BCUT2D eigenvalue weighted by Gasteiger charge is -2.21. The zero-order valence-electron chi connectivity index (χ0n) is 11.3. The van der Waals surface area contributed by atoms with Gasteiger partial charge in [0.05, 0.1) is 5.69 Å². The molecule has 0 atom stereocenters. The normalized spacial score (nSPS) is 10.7. The van der Waals surface area contributed by atoms with Gasteiger partial charge in [0.25, 0.3) is 0 Å². The molecule has 0 saturated carbocycles. The molecule has 0 amide bonds. The second-order valence-corrected chi connectivity index (χ2v) is 6.19. The molecule has 0 spiro atoms. The Labute approximate surface area is 127 Å². The van der Waals surface area contributed by atoms with E-state index in [2.05, 4.69) is 75.1 Å². The predicted molar refractivity (Wildman–Crippen MR) is 87.9 cm³/mol. The first-order chi connectivity index (χ1) is 9.20. The van der Waals surface area contributed by atoms with Crippen molar-refractivity contribution in [3.8, 4) is 0 Å². The van der Waals surface area contributed by atoms with Crippen LogP contribution in [-0.4, -0.2) is 13.6 Å². The lowest BCUT2D eigenvalue weighted by Crippen LogP contribution is -2.17. The lowest BCUT2D eigenvalue weighted by molar-refractivity contribution is 0.726. The van der Waals surface area contributed by atoms with E-state index < -0.39 is 0 Å². The van der Waals surface area contributed by atoms with E-state index >= 15 is 0 Å². The maximum atomic E-state index is 3.68. The number of hydrogen-bond acceptors (Lipinski definition) is 3. The zero-order chi connectivity index (χ0) is 13.7. The smallest absolute Gasteiger partial charge is 0.0511 e. The average molecular weight is 339 g/mol. The monoisotopic (exact) mass is 338 g/mol. The number of rotatable bonds is 6. The first kappa shape index (κ1) is 14.6. The molecule has 0 aliphatic rings. The summed E-state index contributed by atoms with van der Waals surface area (Å²) in [5.74, 6) is 0. The van der Waals surface area contributed by atoms with Crippen molar-refractivity contribution in [2.75, 3.05) is 18.5 Å². The standard InChI is InChI=1S/C15H19BrN2S/c1-3-17-9-12-4-5-15(14(16)8-12)18(2)10-13-6-7-19-11-13/h4-8,11,17H,3,9-10H2,1-2H3. The molecule has 0 bridgehead atoms. The van der Waals surface area contributed by atoms with Crippen molar-refractivity contribution in [3.63, 3.8) is 0 Å². The molecule has 0 unspecified atom stereocenters. The highest BCUT2D eigenvalue weighted by atomic mass is 79.9. The molecule has 0 aliphatic carbocycles. The van der Waals surface area contributed by atoms with Gasteiger partial charge in [-0.3, -0.25) is 0 Å². The van der Waals surface area contributed by atoms with E-state index in [1.807, 2.05) is 0 Å². The molecule has 0 fully saturated rings. The number of nitrogens with one attached hydrogen (secondary N) is 1. The van der Waals surface area contributed by atoms with Crippen LogP contribution in [0.2, 0.25) is 0 Å². The van der Waals surface area contributed by atoms with Gasteiger partial charge in [-0.15, -0.1) is 0 Å². The summed E-state index contributed by atoms with van der Waals surface area (Å²) in [4.78, 5) is 2.27. The van der Waals surface area contributed by atoms with Gasteiger partial charge in [-0.2, -0.15) is 11.3 Å². The van der Waals surface area contributed by atoms with Crippen LogP contribution in [0, 0.1) is 0 Å². The van der Waals surface area contributed by atoms with Crippen LogP contribution in [0.3, 0.4) is 0 Å². The van der Waals surface area contributed by atoms with Crippen LogP contribution in [0.1, 0.15) is 18.1 Å². The van der Waals surface area contributed by atoms with Crippen molar-refractivity contribution in [1.29, 1.82) is 0 Å². The number of nitrogens with zero attached hydrogens (tertiary/aromatic N) is 1. The minimum atomic E-state index is 0.920. The summed E-state index contributed by atoms with van der Waals surface area (Å²) in [6.07, 6.45) is 0. The Morgan fingerprint density at radius 2 is 2.11 bits per heavy atom. The fraction of sp³-hybridized carbons (Fsp3) is 0.333. The molecule has 0 radical (unpaired) electrons. The van der Waals surface area contributed by atoms with Gasteiger partial charge in [-0.05, 0) is 62.6 Å². The zero-order valence-corrected chi connectivity index (χ0v) is 13.7. The highest BCUT2D eigenvalue weighted by Gasteiger charge is 2.07. The summed E-state index contributed by atoms with van der Waals surface area (Å²) < 4.78 is 1.15. The van der Waals surface area contributed by atoms with Crippen molar-refractivity contribution in [2.45, 2.75) is 20.0 Å². The van der Waals surface area contributed by atoms with Crippen molar-refractivity contribution in [3.05, 3.63) is 50.6 Å². The van der Waals surface area contributed by atoms with Crippen LogP contribution in [-0.2, 0) is 13.1 Å². The third-order valence-electron chi connectivity index (χ3n) is 3.00. The third kappa shape index (κ3) is 4.06. The Hall–Kier alpha value is -0.840. The van der Waals surface area contributed by atoms with E-state index in [9.17, 15) is 0 Å². The fourth-order valence-electron chi connectivity index (χ4n) is 1.98. The highest BCUT2D eigenvalue weighted by Crippen LogP contribution is 2.28. The van der Waals surface area contributed by atoms with Gasteiger partial charge < -0.3 is 10.2 Å². The van der Waals surface area contributed by atoms with E-state index in [1.165, 1.54) is 16.8 Å². The van der Waals surface area contributed by atoms with Gasteiger partial charge in [-0.25, -0.2) is 0 Å². The molecule has 1 heterocycles. The van der Waals surface area contributed by atoms with Crippen molar-refractivity contribution in [2.24, 2.45) is 0 Å². The van der Waals surface area contributed by atoms with Gasteiger partial charge in [0, 0.05) is 24.6 Å². The Balaban J connectivity index is 2.07. The summed E-state index contributed by atoms with van der Waals surface area (Å²) in [6.45, 7) is 4.98. The summed E-state index contributed by atoms with van der Waals surface area (Å²) in [5.41, 5.74) is 3.89. The second-order valence-electron chi connectivity index (χ2n) is 4.55. The van der Waals surface area contributed by atoms with E-state index in [0.29, 0.717) is 0 Å². The van der Waals surface area contributed by atoms with Gasteiger partial charge >= 0.3 is 0 Å². The molecule has 0 saturated heterocycles. The minimum Gasteiger partial charge on any atom is -0.369 e. The van der Waals surface area contributed by atoms with E-state index in [-0.39, 0.29) is 0 Å². The van der Waals surface area contributed by atoms with Crippen molar-refractivity contribution < 1.29 is 0 Å². The number of thiophene rings is 1. The summed E-state index contributed by atoms with van der Waals surface area (Å²) >= 11 is 5.42. The van der Waals surface area contributed by atoms with Gasteiger partial charge in [0.15, 0.2) is 0 Å². The largest absolute Gasteiger partial charge is 0.369 e. The number of hydrogen-bond donors (Lipinski definition) is 1. The Kier molecular flexibility index (Phi) is 5.43. The topological polar surface area (TPSA) is 15.3 Å². The minimum absolute atomic E-state index is 0.920. The third-order valence-corrected chi connectivity index (χ3v) is 4.37. The Morgan fingerprint density at radius 3 is 2.74 bits per heavy atom. The van der Waals surface area contributed by atoms with Crippen LogP contribution in [0.15, 0.2) is 39.5 Å². The molecule has 1 aromatic carbocycles. The molecule has 4 heteroatoms. The molecule has 19 heavy (non-hydrogen) atoms. The van der Waals surface area contributed by atoms with Crippen LogP contribution >= 0.6 is 27.3 Å². The molecule has 102 valence electrons. The summed E-state index contributed by atoms with van der Waals surface area (Å²) in [7, 11) is 2.13. The Morgan fingerprint density at radius 1 is 1.26 bits per heavy atom. The molecule has 1 N–H and O–H groups in total. The number of anilines is 1. The Bertz CT molecular complexity index is 511. The predicted octanol–water partition coefficient (Wildman–Crippen LogP) is 4.26. The number of benzene rings is 1. The van der Waals surface area contributed by atoms with Gasteiger partial charge in [-0.1, -0.05) is 13.0 Å². The molecule has 1 aromatic heterocycles. The first-order valence-corrected chi connectivity index (χ1v) is 8.15. The van der Waals surface area contributed by atoms with E-state index in [4.69, 9.17) is 0 Å².